The summed E-state index contributed by atoms with van der Waals surface area (Å²) in [6.45, 7) is 2.31. The van der Waals surface area contributed by atoms with Gasteiger partial charge in [0, 0.05) is 37.1 Å². The first-order chi connectivity index (χ1) is 21.4. The summed E-state index contributed by atoms with van der Waals surface area (Å²) >= 11 is 3.21. The van der Waals surface area contributed by atoms with Gasteiger partial charge in [0.05, 0.1) is 18.8 Å². The molecule has 11 heteroatoms. The molecule has 1 amide bonds. The number of hydrogen-bond acceptors (Lipinski definition) is 9. The first-order valence-electron chi connectivity index (χ1n) is 14.5. The standard InChI is InChI=1S/C33H35N3O6S2/c1-21-35-36-33(44-21)43-20-28-17-29(25-10-8-22(19-37)9-11-25)42-32(41-28)26-14-12-24(13-15-26)27-5-2-4-23(16-27)18-34-30(38)6-3-7-31(39)40/h2,4-5,8-16,28-29,32,37H,3,6-7,17-20H2,1H3,(H,34,38)(H,39,40). The Bertz CT molecular complexity index is 1540. The summed E-state index contributed by atoms with van der Waals surface area (Å²) in [4.78, 5) is 22.7. The predicted octanol–water partition coefficient (Wildman–Crippen LogP) is 6.21. The van der Waals surface area contributed by atoms with Crippen molar-refractivity contribution in [1.82, 2.24) is 15.5 Å². The Kier molecular flexibility index (Phi) is 11.1. The third-order valence-corrected chi connectivity index (χ3v) is 9.35. The smallest absolute Gasteiger partial charge is 0.303 e. The fraction of sp³-hybridized carbons (Fsp3) is 0.333. The fourth-order valence-corrected chi connectivity index (χ4v) is 6.77. The lowest BCUT2D eigenvalue weighted by Crippen LogP contribution is -2.31. The van der Waals surface area contributed by atoms with Crippen LogP contribution in [0.3, 0.4) is 0 Å². The highest BCUT2D eigenvalue weighted by Gasteiger charge is 2.32. The number of aliphatic hydroxyl groups excluding tert-OH is 1. The Morgan fingerprint density at radius 2 is 1.73 bits per heavy atom. The van der Waals surface area contributed by atoms with E-state index in [1.54, 1.807) is 23.1 Å². The molecular weight excluding hydrogens is 599 g/mol. The highest BCUT2D eigenvalue weighted by molar-refractivity contribution is 8.01. The van der Waals surface area contributed by atoms with Crippen LogP contribution in [0.5, 0.6) is 0 Å². The molecule has 9 nitrogen and oxygen atoms in total. The number of benzene rings is 3. The average molecular weight is 634 g/mol. The second-order valence-corrected chi connectivity index (χ2v) is 13.0. The van der Waals surface area contributed by atoms with E-state index < -0.39 is 12.3 Å². The quantitative estimate of drug-likeness (QED) is 0.147. The van der Waals surface area contributed by atoms with Gasteiger partial charge >= 0.3 is 5.97 Å². The van der Waals surface area contributed by atoms with E-state index >= 15 is 0 Å². The number of carboxylic acids is 1. The minimum absolute atomic E-state index is 0.00341. The number of carbonyl (C=O) groups excluding carboxylic acids is 1. The maximum absolute atomic E-state index is 12.1. The summed E-state index contributed by atoms with van der Waals surface area (Å²) in [5.74, 6) is -0.336. The molecule has 44 heavy (non-hydrogen) atoms. The van der Waals surface area contributed by atoms with Crippen molar-refractivity contribution >= 4 is 35.0 Å². The summed E-state index contributed by atoms with van der Waals surface area (Å²) in [7, 11) is 0. The number of hydrogen-bond donors (Lipinski definition) is 3. The van der Waals surface area contributed by atoms with Gasteiger partial charge in [-0.15, -0.1) is 10.2 Å². The molecule has 4 aromatic rings. The van der Waals surface area contributed by atoms with Crippen molar-refractivity contribution in [3.8, 4) is 11.1 Å². The van der Waals surface area contributed by atoms with Crippen LogP contribution in [0.1, 0.15) is 65.3 Å². The van der Waals surface area contributed by atoms with Crippen LogP contribution in [0, 0.1) is 6.92 Å². The highest BCUT2D eigenvalue weighted by Crippen LogP contribution is 2.40. The van der Waals surface area contributed by atoms with E-state index in [2.05, 4.69) is 15.5 Å². The number of aryl methyl sites for hydroxylation is 1. The number of amides is 1. The molecule has 0 aliphatic carbocycles. The molecule has 3 aromatic carbocycles. The molecule has 0 bridgehead atoms. The van der Waals surface area contributed by atoms with Gasteiger partial charge in [0.15, 0.2) is 10.6 Å². The SMILES string of the molecule is Cc1nnc(SCC2CC(c3ccc(CO)cc3)OC(c3ccc(-c4cccc(CNC(=O)CCCC(=O)O)c4)cc3)O2)s1. The molecule has 2 heterocycles. The van der Waals surface area contributed by atoms with Crippen LogP contribution in [0.25, 0.3) is 11.1 Å². The number of ether oxygens (including phenoxy) is 2. The number of thioether (sulfide) groups is 1. The van der Waals surface area contributed by atoms with Gasteiger partial charge < -0.3 is 25.0 Å². The molecule has 0 radical (unpaired) electrons. The zero-order valence-corrected chi connectivity index (χ0v) is 26.0. The molecule has 3 atom stereocenters. The van der Waals surface area contributed by atoms with Crippen molar-refractivity contribution in [2.24, 2.45) is 0 Å². The van der Waals surface area contributed by atoms with Crippen molar-refractivity contribution in [3.05, 3.63) is 100 Å². The van der Waals surface area contributed by atoms with Crippen molar-refractivity contribution in [2.75, 3.05) is 5.75 Å². The Hall–Kier alpha value is -3.61. The van der Waals surface area contributed by atoms with Crippen LogP contribution < -0.4 is 5.32 Å². The Morgan fingerprint density at radius 1 is 0.955 bits per heavy atom. The lowest BCUT2D eigenvalue weighted by atomic mass is 9.99. The normalized spacial score (nSPS) is 18.2. The third kappa shape index (κ3) is 8.96. The minimum atomic E-state index is -0.898. The maximum atomic E-state index is 12.1. The third-order valence-electron chi connectivity index (χ3n) is 7.24. The molecule has 3 N–H and O–H groups in total. The number of nitrogens with zero attached hydrogens (tertiary/aromatic N) is 2. The van der Waals surface area contributed by atoms with Crippen molar-refractivity contribution in [1.29, 1.82) is 0 Å². The second-order valence-electron chi connectivity index (χ2n) is 10.6. The van der Waals surface area contributed by atoms with Crippen LogP contribution >= 0.6 is 23.1 Å². The zero-order chi connectivity index (χ0) is 30.9. The topological polar surface area (TPSA) is 131 Å². The molecule has 230 valence electrons. The Balaban J connectivity index is 1.26. The number of aliphatic hydroxyl groups is 1. The zero-order valence-electron chi connectivity index (χ0n) is 24.3. The van der Waals surface area contributed by atoms with Gasteiger partial charge in [-0.2, -0.15) is 0 Å². The number of rotatable bonds is 13. The number of carbonyl (C=O) groups is 2. The van der Waals surface area contributed by atoms with Gasteiger partial charge in [-0.1, -0.05) is 89.8 Å². The average Bonchev–Trinajstić information content (AvgIpc) is 3.47. The first kappa shape index (κ1) is 31.8. The lowest BCUT2D eigenvalue weighted by Gasteiger charge is -2.36. The molecule has 0 saturated carbocycles. The van der Waals surface area contributed by atoms with E-state index in [9.17, 15) is 14.7 Å². The summed E-state index contributed by atoms with van der Waals surface area (Å²) in [6, 6.07) is 23.9. The van der Waals surface area contributed by atoms with E-state index in [1.807, 2.05) is 79.7 Å². The van der Waals surface area contributed by atoms with E-state index in [0.717, 1.165) is 48.5 Å². The summed E-state index contributed by atoms with van der Waals surface area (Å²) < 4.78 is 13.9. The van der Waals surface area contributed by atoms with Crippen LogP contribution in [0.15, 0.2) is 77.1 Å². The number of nitrogens with one attached hydrogen (secondary N) is 1. The van der Waals surface area contributed by atoms with Gasteiger partial charge in [0.2, 0.25) is 5.91 Å². The summed E-state index contributed by atoms with van der Waals surface area (Å²) in [5, 5.41) is 30.4. The van der Waals surface area contributed by atoms with Crippen LogP contribution in [-0.4, -0.2) is 44.1 Å². The number of carboxylic acid groups (broad SMARTS) is 1. The minimum Gasteiger partial charge on any atom is -0.481 e. The van der Waals surface area contributed by atoms with E-state index in [4.69, 9.17) is 14.6 Å². The second kappa shape index (κ2) is 15.4. The van der Waals surface area contributed by atoms with E-state index in [1.165, 1.54) is 0 Å². The summed E-state index contributed by atoms with van der Waals surface area (Å²) in [5.41, 5.74) is 5.81. The van der Waals surface area contributed by atoms with Crippen molar-refractivity contribution in [3.63, 3.8) is 0 Å². The van der Waals surface area contributed by atoms with Gasteiger partial charge in [0.25, 0.3) is 0 Å². The van der Waals surface area contributed by atoms with E-state index in [-0.39, 0.29) is 37.6 Å². The fourth-order valence-electron chi connectivity index (χ4n) is 4.91. The molecule has 3 unspecified atom stereocenters. The molecule has 1 fully saturated rings. The molecular formula is C33H35N3O6S2. The highest BCUT2D eigenvalue weighted by atomic mass is 32.2. The van der Waals surface area contributed by atoms with Crippen molar-refractivity contribution in [2.45, 2.75) is 68.6 Å². The largest absolute Gasteiger partial charge is 0.481 e. The van der Waals surface area contributed by atoms with Crippen LogP contribution in [0.2, 0.25) is 0 Å². The molecule has 1 saturated heterocycles. The molecule has 5 rings (SSSR count). The van der Waals surface area contributed by atoms with Gasteiger partial charge in [-0.3, -0.25) is 9.59 Å². The van der Waals surface area contributed by atoms with E-state index in [0.29, 0.717) is 19.4 Å². The monoisotopic (exact) mass is 633 g/mol. The molecule has 1 aliphatic rings. The maximum Gasteiger partial charge on any atom is 0.303 e. The van der Waals surface area contributed by atoms with Gasteiger partial charge in [-0.25, -0.2) is 0 Å². The van der Waals surface area contributed by atoms with Crippen LogP contribution in [0.4, 0.5) is 0 Å². The number of aliphatic carboxylic acids is 1. The van der Waals surface area contributed by atoms with Gasteiger partial charge in [0.1, 0.15) is 5.01 Å². The van der Waals surface area contributed by atoms with Gasteiger partial charge in [-0.05, 0) is 47.2 Å². The van der Waals surface area contributed by atoms with Crippen molar-refractivity contribution < 1.29 is 29.3 Å². The number of aromatic nitrogens is 2. The first-order valence-corrected chi connectivity index (χ1v) is 16.3. The summed E-state index contributed by atoms with van der Waals surface area (Å²) in [6.07, 6.45) is 0.402. The Morgan fingerprint density at radius 3 is 2.43 bits per heavy atom. The lowest BCUT2D eigenvalue weighted by molar-refractivity contribution is -0.245. The Labute approximate surface area is 264 Å². The predicted molar refractivity (Wildman–Crippen MR) is 169 cm³/mol. The molecule has 1 aromatic heterocycles. The molecule has 0 spiro atoms. The molecule has 1 aliphatic heterocycles. The van der Waals surface area contributed by atoms with Crippen LogP contribution in [-0.2, 0) is 32.2 Å².